The molecule has 1 saturated heterocycles. The topological polar surface area (TPSA) is 148 Å². The minimum atomic E-state index is -0.210. The standard InChI is InChI=1S/C32H39ClN12O3/c1-22(18-44-21-37-40-41-44)48-29-15-23(3-8-27(29)33)24-16-35-32(36-17-24)38-28-19-45(39-31(28)47-20-30-34-9-10-42(30)2)26-6-4-25(5-7-26)43-11-13-46-14-12-43/h3,8-10,15-17,19,21-22,25-26H,4-7,11-14,18,20H2,1-2H3,(H,35,36,38)/t22-,25-,26-/m0/s1. The van der Waals surface area contributed by atoms with Crippen molar-refractivity contribution in [2.45, 2.75) is 63.9 Å². The first-order valence-electron chi connectivity index (χ1n) is 16.2. The molecule has 16 heteroatoms. The van der Waals surface area contributed by atoms with Gasteiger partial charge in [0.1, 0.15) is 36.3 Å². The molecule has 252 valence electrons. The van der Waals surface area contributed by atoms with Crippen molar-refractivity contribution in [1.29, 1.82) is 0 Å². The molecule has 0 unspecified atom stereocenters. The number of imidazole rings is 1. The molecule has 7 rings (SSSR count). The van der Waals surface area contributed by atoms with E-state index in [-0.39, 0.29) is 18.8 Å². The van der Waals surface area contributed by atoms with Crippen molar-refractivity contribution in [1.82, 2.24) is 54.4 Å². The number of morpholine rings is 1. The SMILES string of the molecule is C[C@@H](Cn1cnnn1)Oc1cc(-c2cnc(Nc3cn([C@H]4CC[C@H](N5CCOCC5)CC4)nc3OCc3nccn3C)nc2)ccc1Cl. The molecule has 15 nitrogen and oxygen atoms in total. The van der Waals surface area contributed by atoms with Crippen LogP contribution in [0, 0.1) is 0 Å². The Bertz CT molecular complexity index is 1760. The van der Waals surface area contributed by atoms with Crippen LogP contribution in [0.4, 0.5) is 11.6 Å². The van der Waals surface area contributed by atoms with Crippen molar-refractivity contribution >= 4 is 23.2 Å². The molecule has 2 fully saturated rings. The summed E-state index contributed by atoms with van der Waals surface area (Å²) in [6.45, 7) is 6.39. The number of halogens is 1. The number of benzene rings is 1. The summed E-state index contributed by atoms with van der Waals surface area (Å²) in [4.78, 5) is 16.2. The molecular formula is C32H39ClN12O3. The van der Waals surface area contributed by atoms with E-state index in [4.69, 9.17) is 30.9 Å². The first-order valence-corrected chi connectivity index (χ1v) is 16.6. The molecule has 1 aliphatic heterocycles. The number of nitrogens with zero attached hydrogens (tertiary/aromatic N) is 11. The maximum absolute atomic E-state index is 6.46. The maximum Gasteiger partial charge on any atom is 0.257 e. The Morgan fingerprint density at radius 3 is 2.56 bits per heavy atom. The van der Waals surface area contributed by atoms with Gasteiger partial charge in [0.25, 0.3) is 5.88 Å². The summed E-state index contributed by atoms with van der Waals surface area (Å²) < 4.78 is 23.5. The van der Waals surface area contributed by atoms with Gasteiger partial charge in [-0.05, 0) is 60.7 Å². The molecule has 0 radical (unpaired) electrons. The molecule has 4 aromatic heterocycles. The Labute approximate surface area is 283 Å². The van der Waals surface area contributed by atoms with Crippen LogP contribution in [0.25, 0.3) is 11.1 Å². The van der Waals surface area contributed by atoms with Gasteiger partial charge < -0.3 is 24.1 Å². The number of nitrogens with one attached hydrogen (secondary N) is 1. The van der Waals surface area contributed by atoms with E-state index in [9.17, 15) is 0 Å². The Hall–Kier alpha value is -4.60. The Morgan fingerprint density at radius 1 is 1.04 bits per heavy atom. The minimum absolute atomic E-state index is 0.210. The average molecular weight is 675 g/mol. The Balaban J connectivity index is 1.04. The first-order chi connectivity index (χ1) is 23.5. The lowest BCUT2D eigenvalue weighted by molar-refractivity contribution is 0.00502. The molecular weight excluding hydrogens is 636 g/mol. The number of hydrogen-bond acceptors (Lipinski definition) is 12. The first kappa shape index (κ1) is 32.0. The number of aryl methyl sites for hydroxylation is 1. The molecule has 2 aliphatic rings. The summed E-state index contributed by atoms with van der Waals surface area (Å²) in [6, 6.07) is 6.48. The minimum Gasteiger partial charge on any atom is -0.487 e. The third-order valence-electron chi connectivity index (χ3n) is 8.89. The summed E-state index contributed by atoms with van der Waals surface area (Å²) in [6.07, 6.45) is 14.9. The van der Waals surface area contributed by atoms with Crippen LogP contribution in [-0.2, 0) is 24.9 Å². The predicted molar refractivity (Wildman–Crippen MR) is 177 cm³/mol. The van der Waals surface area contributed by atoms with Gasteiger partial charge in [0.2, 0.25) is 5.95 Å². The van der Waals surface area contributed by atoms with Gasteiger partial charge in [-0.25, -0.2) is 19.6 Å². The lowest BCUT2D eigenvalue weighted by Gasteiger charge is -2.38. The van der Waals surface area contributed by atoms with Gasteiger partial charge in [0.05, 0.1) is 37.0 Å². The van der Waals surface area contributed by atoms with Crippen LogP contribution in [0.2, 0.25) is 5.02 Å². The van der Waals surface area contributed by atoms with E-state index < -0.39 is 0 Å². The molecule has 0 spiro atoms. The molecule has 0 bridgehead atoms. The zero-order valence-electron chi connectivity index (χ0n) is 27.0. The van der Waals surface area contributed by atoms with Gasteiger partial charge in [-0.3, -0.25) is 9.58 Å². The smallest absolute Gasteiger partial charge is 0.257 e. The van der Waals surface area contributed by atoms with E-state index in [1.165, 1.54) is 0 Å². The monoisotopic (exact) mass is 674 g/mol. The fraction of sp³-hybridized carbons (Fsp3) is 0.469. The van der Waals surface area contributed by atoms with Gasteiger partial charge >= 0.3 is 0 Å². The highest BCUT2D eigenvalue weighted by molar-refractivity contribution is 6.32. The van der Waals surface area contributed by atoms with E-state index in [0.717, 1.165) is 68.9 Å². The average Bonchev–Trinajstić information content (AvgIpc) is 3.88. The lowest BCUT2D eigenvalue weighted by atomic mass is 9.90. The maximum atomic E-state index is 6.46. The second-order valence-electron chi connectivity index (χ2n) is 12.2. The number of ether oxygens (including phenoxy) is 3. The van der Waals surface area contributed by atoms with Crippen molar-refractivity contribution in [3.05, 3.63) is 66.4 Å². The molecule has 1 saturated carbocycles. The van der Waals surface area contributed by atoms with Gasteiger partial charge in [0, 0.05) is 56.5 Å². The summed E-state index contributed by atoms with van der Waals surface area (Å²) >= 11 is 6.46. The largest absolute Gasteiger partial charge is 0.487 e. The van der Waals surface area contributed by atoms with Crippen LogP contribution in [0.1, 0.15) is 44.5 Å². The Morgan fingerprint density at radius 2 is 1.83 bits per heavy atom. The van der Waals surface area contributed by atoms with E-state index in [2.05, 4.69) is 40.7 Å². The molecule has 5 aromatic rings. The van der Waals surface area contributed by atoms with Crippen molar-refractivity contribution in [3.8, 4) is 22.8 Å². The van der Waals surface area contributed by atoms with Crippen molar-refractivity contribution in [2.24, 2.45) is 7.05 Å². The molecule has 1 N–H and O–H groups in total. The highest BCUT2D eigenvalue weighted by atomic mass is 35.5. The summed E-state index contributed by atoms with van der Waals surface area (Å²) in [5, 5.41) is 20.0. The van der Waals surface area contributed by atoms with Crippen molar-refractivity contribution < 1.29 is 14.2 Å². The third-order valence-corrected chi connectivity index (χ3v) is 9.20. The van der Waals surface area contributed by atoms with Gasteiger partial charge in [-0.1, -0.05) is 17.7 Å². The van der Waals surface area contributed by atoms with Crippen LogP contribution in [0.3, 0.4) is 0 Å². The Kier molecular flexibility index (Phi) is 9.77. The second kappa shape index (κ2) is 14.7. The third kappa shape index (κ3) is 7.58. The molecule has 1 atom stereocenters. The fourth-order valence-electron chi connectivity index (χ4n) is 6.27. The van der Waals surface area contributed by atoms with Crippen LogP contribution in [0.5, 0.6) is 11.6 Å². The zero-order valence-corrected chi connectivity index (χ0v) is 27.8. The van der Waals surface area contributed by atoms with Crippen LogP contribution in [-0.4, -0.2) is 92.9 Å². The highest BCUT2D eigenvalue weighted by Gasteiger charge is 2.29. The predicted octanol–water partition coefficient (Wildman–Crippen LogP) is 4.32. The van der Waals surface area contributed by atoms with E-state index in [0.29, 0.717) is 40.9 Å². The molecule has 1 aromatic carbocycles. The molecule has 0 amide bonds. The highest BCUT2D eigenvalue weighted by Crippen LogP contribution is 2.35. The quantitative estimate of drug-likeness (QED) is 0.201. The van der Waals surface area contributed by atoms with E-state index in [1.807, 2.05) is 47.7 Å². The van der Waals surface area contributed by atoms with Gasteiger partial charge in [-0.2, -0.15) is 0 Å². The second-order valence-corrected chi connectivity index (χ2v) is 12.6. The van der Waals surface area contributed by atoms with Crippen LogP contribution >= 0.6 is 11.6 Å². The normalized spacial score (nSPS) is 19.2. The van der Waals surface area contributed by atoms with Crippen LogP contribution < -0.4 is 14.8 Å². The molecule has 5 heterocycles. The fourth-order valence-corrected chi connectivity index (χ4v) is 6.43. The summed E-state index contributed by atoms with van der Waals surface area (Å²) in [7, 11) is 1.94. The van der Waals surface area contributed by atoms with Crippen molar-refractivity contribution in [2.75, 3.05) is 31.6 Å². The number of aromatic nitrogens is 10. The van der Waals surface area contributed by atoms with Gasteiger partial charge in [0.15, 0.2) is 0 Å². The van der Waals surface area contributed by atoms with E-state index in [1.54, 1.807) is 35.7 Å². The number of anilines is 2. The number of hydrogen-bond donors (Lipinski definition) is 1. The lowest BCUT2D eigenvalue weighted by Crippen LogP contribution is -2.45. The van der Waals surface area contributed by atoms with Crippen molar-refractivity contribution in [3.63, 3.8) is 0 Å². The van der Waals surface area contributed by atoms with Crippen LogP contribution in [0.15, 0.2) is 55.5 Å². The molecule has 48 heavy (non-hydrogen) atoms. The van der Waals surface area contributed by atoms with E-state index >= 15 is 0 Å². The summed E-state index contributed by atoms with van der Waals surface area (Å²) in [5.41, 5.74) is 2.38. The van der Waals surface area contributed by atoms with Gasteiger partial charge in [-0.15, -0.1) is 10.2 Å². The number of tetrazole rings is 1. The number of rotatable bonds is 12. The molecule has 1 aliphatic carbocycles. The zero-order chi connectivity index (χ0) is 32.9. The summed E-state index contributed by atoms with van der Waals surface area (Å²) in [5.74, 6) is 2.27.